The van der Waals surface area contributed by atoms with Crippen molar-refractivity contribution in [1.82, 2.24) is 14.1 Å². The van der Waals surface area contributed by atoms with Crippen molar-refractivity contribution in [3.05, 3.63) is 92.7 Å². The summed E-state index contributed by atoms with van der Waals surface area (Å²) in [4.78, 5) is 27.3. The first-order valence-corrected chi connectivity index (χ1v) is 16.4. The number of likely N-dealkylation sites (N-methyl/N-ethyl adjacent to an activating group) is 1. The minimum atomic E-state index is -3.61. The molecule has 44 heavy (non-hydrogen) atoms. The summed E-state index contributed by atoms with van der Waals surface area (Å²) >= 11 is 1.59. The first kappa shape index (κ1) is 34.9. The van der Waals surface area contributed by atoms with E-state index in [0.29, 0.717) is 24.9 Å². The van der Waals surface area contributed by atoms with Crippen LogP contribution in [0.3, 0.4) is 0 Å². The number of nitro groups is 1. The number of amides is 1. The Bertz CT molecular complexity index is 1490. The van der Waals surface area contributed by atoms with Crippen molar-refractivity contribution in [2.24, 2.45) is 0 Å². The molecule has 1 aliphatic heterocycles. The highest BCUT2D eigenvalue weighted by atomic mass is 35.5. The minimum Gasteiger partial charge on any atom is -0.445 e. The van der Waals surface area contributed by atoms with Gasteiger partial charge in [0.05, 0.1) is 15.9 Å². The van der Waals surface area contributed by atoms with Crippen LogP contribution in [0.1, 0.15) is 36.3 Å². The van der Waals surface area contributed by atoms with Gasteiger partial charge < -0.3 is 9.64 Å². The zero-order valence-electron chi connectivity index (χ0n) is 24.4. The zero-order chi connectivity index (χ0) is 30.8. The lowest BCUT2D eigenvalue weighted by atomic mass is 9.97. The van der Waals surface area contributed by atoms with Crippen LogP contribution in [0.15, 0.2) is 76.3 Å². The number of nitrogens with zero attached hydrogens (tertiary/aromatic N) is 5. The molecule has 2 aromatic carbocycles. The molecule has 4 rings (SSSR count). The fourth-order valence-electron chi connectivity index (χ4n) is 5.21. The van der Waals surface area contributed by atoms with Gasteiger partial charge in [-0.3, -0.25) is 15.0 Å². The number of carbonyl (C=O) groups excluding carboxylic acids is 1. The molecule has 0 unspecified atom stereocenters. The standard InChI is InChI=1S/C30H35N5O6S2.ClH/c1-32(43(39,40)29-5-3-2-4-6-29)21-25(26-14-20-42-23-26)11-16-33-17-12-27(13-18-33)34(19-15-31)30(36)41-22-24-7-9-28(10-8-24)35(37)38;/h2-10,14,20,23,25,27H,11-13,16-19,21-22H2,1H3;1H/t25-;/m0./s1. The molecule has 1 saturated heterocycles. The van der Waals surface area contributed by atoms with Crippen LogP contribution < -0.4 is 0 Å². The first-order valence-electron chi connectivity index (χ1n) is 14.0. The number of rotatable bonds is 13. The molecule has 0 aliphatic carbocycles. The third-order valence-electron chi connectivity index (χ3n) is 7.72. The molecule has 14 heteroatoms. The highest BCUT2D eigenvalue weighted by Gasteiger charge is 2.30. The van der Waals surface area contributed by atoms with E-state index in [2.05, 4.69) is 16.3 Å². The van der Waals surface area contributed by atoms with Gasteiger partial charge in [0.25, 0.3) is 5.69 Å². The molecule has 0 radical (unpaired) electrons. The highest BCUT2D eigenvalue weighted by Crippen LogP contribution is 2.27. The quantitative estimate of drug-likeness (QED) is 0.133. The molecule has 1 amide bonds. The third kappa shape index (κ3) is 9.23. The Morgan fingerprint density at radius 2 is 1.84 bits per heavy atom. The van der Waals surface area contributed by atoms with E-state index in [1.807, 2.05) is 11.4 Å². The Labute approximate surface area is 268 Å². The van der Waals surface area contributed by atoms with Gasteiger partial charge in [-0.25, -0.2) is 17.5 Å². The molecule has 3 aromatic rings. The number of sulfonamides is 1. The maximum atomic E-state index is 13.1. The summed E-state index contributed by atoms with van der Waals surface area (Å²) < 4.78 is 33.2. The summed E-state index contributed by atoms with van der Waals surface area (Å²) in [5.41, 5.74) is 1.69. The van der Waals surface area contributed by atoms with E-state index in [-0.39, 0.29) is 48.1 Å². The second-order valence-electron chi connectivity index (χ2n) is 10.5. The van der Waals surface area contributed by atoms with E-state index in [1.165, 1.54) is 33.5 Å². The molecule has 0 spiro atoms. The van der Waals surface area contributed by atoms with Crippen LogP contribution in [0.5, 0.6) is 0 Å². The van der Waals surface area contributed by atoms with Gasteiger partial charge in [-0.2, -0.15) is 16.6 Å². The lowest BCUT2D eigenvalue weighted by Gasteiger charge is -2.37. The molecule has 1 fully saturated rings. The molecule has 1 atom stereocenters. The number of nitriles is 1. The van der Waals surface area contributed by atoms with Crippen molar-refractivity contribution in [3.8, 4) is 6.07 Å². The number of hydrogen-bond acceptors (Lipinski definition) is 9. The van der Waals surface area contributed by atoms with E-state index < -0.39 is 21.0 Å². The Morgan fingerprint density at radius 1 is 1.16 bits per heavy atom. The molecule has 0 N–H and O–H groups in total. The number of carbonyl (C=O) groups is 1. The van der Waals surface area contributed by atoms with Crippen LogP contribution in [0.2, 0.25) is 0 Å². The van der Waals surface area contributed by atoms with Crippen LogP contribution in [0.25, 0.3) is 0 Å². The first-order chi connectivity index (χ1) is 20.7. The van der Waals surface area contributed by atoms with Crippen LogP contribution in [-0.4, -0.2) is 79.4 Å². The average molecular weight is 662 g/mol. The Morgan fingerprint density at radius 3 is 2.43 bits per heavy atom. The predicted molar refractivity (Wildman–Crippen MR) is 170 cm³/mol. The van der Waals surface area contributed by atoms with Crippen LogP contribution in [-0.2, 0) is 21.4 Å². The summed E-state index contributed by atoms with van der Waals surface area (Å²) in [5.74, 6) is 0.0250. The molecule has 0 bridgehead atoms. The van der Waals surface area contributed by atoms with Crippen molar-refractivity contribution in [1.29, 1.82) is 5.26 Å². The van der Waals surface area contributed by atoms with Gasteiger partial charge in [0.2, 0.25) is 10.0 Å². The summed E-state index contributed by atoms with van der Waals surface area (Å²) in [5, 5.41) is 24.3. The van der Waals surface area contributed by atoms with Crippen molar-refractivity contribution in [2.45, 2.75) is 42.7 Å². The number of thiophene rings is 1. The van der Waals surface area contributed by atoms with E-state index >= 15 is 0 Å². The highest BCUT2D eigenvalue weighted by molar-refractivity contribution is 7.89. The minimum absolute atomic E-state index is 0. The predicted octanol–water partition coefficient (Wildman–Crippen LogP) is 5.50. The van der Waals surface area contributed by atoms with E-state index in [4.69, 9.17) is 4.74 Å². The van der Waals surface area contributed by atoms with Crippen LogP contribution in [0, 0.1) is 21.4 Å². The monoisotopic (exact) mass is 661 g/mol. The summed E-state index contributed by atoms with van der Waals surface area (Å²) in [6, 6.07) is 18.2. The number of non-ortho nitro benzene ring substituents is 1. The van der Waals surface area contributed by atoms with Gasteiger partial charge in [0.1, 0.15) is 13.2 Å². The normalized spacial score (nSPS) is 14.8. The number of benzene rings is 2. The fourth-order valence-corrected chi connectivity index (χ4v) is 7.18. The van der Waals surface area contributed by atoms with Crippen molar-refractivity contribution < 1.29 is 22.9 Å². The van der Waals surface area contributed by atoms with Gasteiger partial charge >= 0.3 is 6.09 Å². The number of ether oxygens (including phenoxy) is 1. The SMILES string of the molecule is CN(C[C@H](CCN1CCC(N(CC#N)C(=O)OCc2ccc([N+](=O)[O-])cc2)CC1)c1ccsc1)S(=O)(=O)c1ccccc1.Cl. The number of halogens is 1. The van der Waals surface area contributed by atoms with Gasteiger partial charge in [-0.1, -0.05) is 18.2 Å². The van der Waals surface area contributed by atoms with Crippen molar-refractivity contribution in [3.63, 3.8) is 0 Å². The smallest absolute Gasteiger partial charge is 0.411 e. The summed E-state index contributed by atoms with van der Waals surface area (Å²) in [6.07, 6.45) is 1.55. The molecule has 1 aromatic heterocycles. The lowest BCUT2D eigenvalue weighted by molar-refractivity contribution is -0.384. The van der Waals surface area contributed by atoms with Gasteiger partial charge in [0.15, 0.2) is 0 Å². The van der Waals surface area contributed by atoms with Crippen LogP contribution in [0.4, 0.5) is 10.5 Å². The zero-order valence-corrected chi connectivity index (χ0v) is 26.8. The van der Waals surface area contributed by atoms with Gasteiger partial charge in [0, 0.05) is 44.9 Å². The Kier molecular flexibility index (Phi) is 13.1. The molecule has 236 valence electrons. The topological polar surface area (TPSA) is 137 Å². The number of hydrogen-bond donors (Lipinski definition) is 0. The Balaban J connectivity index is 0.00000529. The number of piperidine rings is 1. The van der Waals surface area contributed by atoms with Crippen molar-refractivity contribution in [2.75, 3.05) is 39.8 Å². The molecular formula is C30H36ClN5O6S2. The molecule has 2 heterocycles. The molecule has 1 aliphatic rings. The van der Waals surface area contributed by atoms with E-state index in [0.717, 1.165) is 31.6 Å². The largest absolute Gasteiger partial charge is 0.445 e. The maximum Gasteiger partial charge on any atom is 0.411 e. The fraction of sp³-hybridized carbons (Fsp3) is 0.400. The Hall–Kier alpha value is -3.54. The van der Waals surface area contributed by atoms with Crippen molar-refractivity contribution >= 4 is 45.5 Å². The number of likely N-dealkylation sites (tertiary alicyclic amines) is 1. The van der Waals surface area contributed by atoms with E-state index in [9.17, 15) is 28.6 Å². The van der Waals surface area contributed by atoms with Crippen LogP contribution >= 0.6 is 23.7 Å². The number of nitro benzene ring substituents is 1. The molecule has 0 saturated carbocycles. The van der Waals surface area contributed by atoms with E-state index in [1.54, 1.807) is 48.7 Å². The average Bonchev–Trinajstić information content (AvgIpc) is 3.56. The molecular weight excluding hydrogens is 626 g/mol. The third-order valence-corrected chi connectivity index (χ3v) is 10.3. The molecule has 11 nitrogen and oxygen atoms in total. The summed E-state index contributed by atoms with van der Waals surface area (Å²) in [6.45, 7) is 2.46. The second kappa shape index (κ2) is 16.5. The second-order valence-corrected chi connectivity index (χ2v) is 13.3. The lowest BCUT2D eigenvalue weighted by Crippen LogP contribution is -2.48. The van der Waals surface area contributed by atoms with Gasteiger partial charge in [-0.15, -0.1) is 12.4 Å². The maximum absolute atomic E-state index is 13.1. The summed E-state index contributed by atoms with van der Waals surface area (Å²) in [7, 11) is -1.98. The van der Waals surface area contributed by atoms with Gasteiger partial charge in [-0.05, 0) is 83.9 Å².